The molecule has 1 aliphatic rings. The predicted octanol–water partition coefficient (Wildman–Crippen LogP) is 4.03. The van der Waals surface area contributed by atoms with Crippen molar-refractivity contribution in [1.82, 2.24) is 4.90 Å². The molecule has 0 spiro atoms. The first-order valence-electron chi connectivity index (χ1n) is 8.55. The second-order valence-corrected chi connectivity index (χ2v) is 7.47. The molecule has 2 amide bonds. The molecule has 1 aromatic carbocycles. The molecular formula is C19H28N2O3. The van der Waals surface area contributed by atoms with Crippen LogP contribution in [0.1, 0.15) is 51.2 Å². The average Bonchev–Trinajstić information content (AvgIpc) is 2.49. The minimum atomic E-state index is -0.566. The Hall–Kier alpha value is -2.04. The van der Waals surface area contributed by atoms with Crippen molar-refractivity contribution in [3.8, 4) is 0 Å². The van der Waals surface area contributed by atoms with Gasteiger partial charge in [-0.15, -0.1) is 0 Å². The Morgan fingerprint density at radius 3 is 2.50 bits per heavy atom. The van der Waals surface area contributed by atoms with E-state index in [1.54, 1.807) is 4.90 Å². The van der Waals surface area contributed by atoms with Crippen LogP contribution < -0.4 is 5.32 Å². The lowest BCUT2D eigenvalue weighted by molar-refractivity contribution is -0.122. The van der Waals surface area contributed by atoms with E-state index in [-0.39, 0.29) is 5.91 Å². The minimum Gasteiger partial charge on any atom is -0.444 e. The van der Waals surface area contributed by atoms with Crippen molar-refractivity contribution >= 4 is 17.7 Å². The van der Waals surface area contributed by atoms with E-state index in [0.29, 0.717) is 13.0 Å². The lowest BCUT2D eigenvalue weighted by Gasteiger charge is -2.35. The maximum atomic E-state index is 12.7. The number of ether oxygens (including phenoxy) is 1. The van der Waals surface area contributed by atoms with Crippen molar-refractivity contribution in [3.05, 3.63) is 29.3 Å². The van der Waals surface area contributed by atoms with Crippen LogP contribution in [-0.2, 0) is 9.53 Å². The van der Waals surface area contributed by atoms with Crippen LogP contribution in [0.15, 0.2) is 18.2 Å². The van der Waals surface area contributed by atoms with Gasteiger partial charge in [-0.25, -0.2) is 4.79 Å². The second kappa shape index (κ2) is 7.24. The molecule has 5 nitrogen and oxygen atoms in total. The van der Waals surface area contributed by atoms with Crippen LogP contribution in [0.2, 0.25) is 0 Å². The predicted molar refractivity (Wildman–Crippen MR) is 95.1 cm³/mol. The Bertz CT molecular complexity index is 620. The number of benzene rings is 1. The number of carbonyl (C=O) groups is 2. The molecule has 5 heteroatoms. The molecule has 0 aliphatic carbocycles. The molecule has 1 saturated heterocycles. The fraction of sp³-hybridized carbons (Fsp3) is 0.579. The van der Waals surface area contributed by atoms with Crippen molar-refractivity contribution < 1.29 is 14.3 Å². The number of likely N-dealkylation sites (tertiary alicyclic amines) is 1. The first-order valence-corrected chi connectivity index (χ1v) is 8.55. The first-order chi connectivity index (χ1) is 11.2. The molecule has 0 aromatic heterocycles. The van der Waals surface area contributed by atoms with E-state index in [4.69, 9.17) is 4.74 Å². The number of piperidine rings is 1. The molecular weight excluding hydrogens is 304 g/mol. The summed E-state index contributed by atoms with van der Waals surface area (Å²) >= 11 is 0. The average molecular weight is 332 g/mol. The Balaban J connectivity index is 2.09. The van der Waals surface area contributed by atoms with Gasteiger partial charge in [-0.1, -0.05) is 6.07 Å². The van der Waals surface area contributed by atoms with Gasteiger partial charge < -0.3 is 10.1 Å². The molecule has 24 heavy (non-hydrogen) atoms. The van der Waals surface area contributed by atoms with Gasteiger partial charge >= 0.3 is 6.09 Å². The lowest BCUT2D eigenvalue weighted by Crippen LogP contribution is -2.51. The summed E-state index contributed by atoms with van der Waals surface area (Å²) in [6.07, 6.45) is 2.08. The molecule has 132 valence electrons. The third-order valence-corrected chi connectivity index (χ3v) is 4.21. The quantitative estimate of drug-likeness (QED) is 0.889. The topological polar surface area (TPSA) is 58.6 Å². The van der Waals surface area contributed by atoms with E-state index >= 15 is 0 Å². The first kappa shape index (κ1) is 18.3. The summed E-state index contributed by atoms with van der Waals surface area (Å²) in [7, 11) is 0. The normalized spacial score (nSPS) is 18.2. The Labute approximate surface area is 144 Å². The number of hydrogen-bond acceptors (Lipinski definition) is 3. The van der Waals surface area contributed by atoms with Gasteiger partial charge in [-0.05, 0) is 77.1 Å². The molecule has 2 rings (SSSR count). The van der Waals surface area contributed by atoms with Gasteiger partial charge in [0.1, 0.15) is 11.6 Å². The molecule has 1 heterocycles. The number of nitrogens with zero attached hydrogens (tertiary/aromatic N) is 1. The van der Waals surface area contributed by atoms with Gasteiger partial charge in [0, 0.05) is 12.2 Å². The smallest absolute Gasteiger partial charge is 0.410 e. The van der Waals surface area contributed by atoms with E-state index in [1.165, 1.54) is 5.56 Å². The molecule has 0 radical (unpaired) electrons. The summed E-state index contributed by atoms with van der Waals surface area (Å²) in [6, 6.07) is 5.35. The monoisotopic (exact) mass is 332 g/mol. The molecule has 1 aromatic rings. The second-order valence-electron chi connectivity index (χ2n) is 7.47. The number of carbonyl (C=O) groups excluding carboxylic acids is 2. The molecule has 1 fully saturated rings. The molecule has 1 atom stereocenters. The van der Waals surface area contributed by atoms with Crippen LogP contribution in [-0.4, -0.2) is 35.1 Å². The van der Waals surface area contributed by atoms with Crippen LogP contribution in [0.4, 0.5) is 10.5 Å². The van der Waals surface area contributed by atoms with Gasteiger partial charge in [0.15, 0.2) is 0 Å². The molecule has 0 saturated carbocycles. The summed E-state index contributed by atoms with van der Waals surface area (Å²) in [5.74, 6) is -0.149. The van der Waals surface area contributed by atoms with Crippen molar-refractivity contribution in [1.29, 1.82) is 0 Å². The highest BCUT2D eigenvalue weighted by Crippen LogP contribution is 2.22. The Morgan fingerprint density at radius 1 is 1.17 bits per heavy atom. The van der Waals surface area contributed by atoms with E-state index in [9.17, 15) is 9.59 Å². The van der Waals surface area contributed by atoms with Crippen molar-refractivity contribution in [2.45, 2.75) is 65.5 Å². The summed E-state index contributed by atoms with van der Waals surface area (Å²) in [5.41, 5.74) is 2.50. The third-order valence-electron chi connectivity index (χ3n) is 4.21. The number of rotatable bonds is 2. The van der Waals surface area contributed by atoms with Crippen LogP contribution >= 0.6 is 0 Å². The fourth-order valence-electron chi connectivity index (χ4n) is 2.79. The van der Waals surface area contributed by atoms with Gasteiger partial charge in [0.2, 0.25) is 5.91 Å². The Morgan fingerprint density at radius 2 is 1.88 bits per heavy atom. The van der Waals surface area contributed by atoms with Gasteiger partial charge in [0.25, 0.3) is 0 Å². The highest BCUT2D eigenvalue weighted by molar-refractivity contribution is 5.96. The zero-order chi connectivity index (χ0) is 17.9. The summed E-state index contributed by atoms with van der Waals surface area (Å²) in [6.45, 7) is 10.1. The Kier molecular flexibility index (Phi) is 5.52. The van der Waals surface area contributed by atoms with Crippen LogP contribution in [0.5, 0.6) is 0 Å². The molecule has 1 aliphatic heterocycles. The minimum absolute atomic E-state index is 0.149. The maximum absolute atomic E-state index is 12.7. The van der Waals surface area contributed by atoms with Gasteiger partial charge in [-0.3, -0.25) is 9.69 Å². The number of aryl methyl sites for hydroxylation is 2. The highest BCUT2D eigenvalue weighted by atomic mass is 16.6. The van der Waals surface area contributed by atoms with Crippen LogP contribution in [0.3, 0.4) is 0 Å². The summed E-state index contributed by atoms with van der Waals surface area (Å²) in [5, 5.41) is 2.94. The molecule has 0 bridgehead atoms. The van der Waals surface area contributed by atoms with Crippen molar-refractivity contribution in [2.75, 3.05) is 11.9 Å². The van der Waals surface area contributed by atoms with E-state index < -0.39 is 17.7 Å². The largest absolute Gasteiger partial charge is 0.444 e. The number of amides is 2. The zero-order valence-electron chi connectivity index (χ0n) is 15.3. The maximum Gasteiger partial charge on any atom is 0.410 e. The van der Waals surface area contributed by atoms with E-state index in [1.807, 2.05) is 52.8 Å². The van der Waals surface area contributed by atoms with E-state index in [2.05, 4.69) is 5.32 Å². The number of nitrogens with one attached hydrogen (secondary N) is 1. The molecule has 1 N–H and O–H groups in total. The van der Waals surface area contributed by atoms with Crippen molar-refractivity contribution in [2.24, 2.45) is 0 Å². The lowest BCUT2D eigenvalue weighted by atomic mass is 10.0. The summed E-state index contributed by atoms with van der Waals surface area (Å²) < 4.78 is 5.45. The molecule has 1 unspecified atom stereocenters. The summed E-state index contributed by atoms with van der Waals surface area (Å²) in [4.78, 5) is 26.6. The van der Waals surface area contributed by atoms with E-state index in [0.717, 1.165) is 24.1 Å². The van der Waals surface area contributed by atoms with Gasteiger partial charge in [-0.2, -0.15) is 0 Å². The van der Waals surface area contributed by atoms with Crippen LogP contribution in [0.25, 0.3) is 0 Å². The number of hydrogen-bond donors (Lipinski definition) is 1. The third kappa shape index (κ3) is 4.73. The zero-order valence-corrected chi connectivity index (χ0v) is 15.3. The van der Waals surface area contributed by atoms with Crippen LogP contribution in [0, 0.1) is 13.8 Å². The van der Waals surface area contributed by atoms with Crippen molar-refractivity contribution in [3.63, 3.8) is 0 Å². The highest BCUT2D eigenvalue weighted by Gasteiger charge is 2.34. The van der Waals surface area contributed by atoms with Gasteiger partial charge in [0.05, 0.1) is 0 Å². The standard InChI is InChI=1S/C19H28N2O3/c1-13-9-10-15(12-14(13)2)20-17(22)16-8-6-7-11-21(16)18(23)24-19(3,4)5/h9-10,12,16H,6-8,11H2,1-5H3,(H,20,22). The SMILES string of the molecule is Cc1ccc(NC(=O)C2CCCCN2C(=O)OC(C)(C)C)cc1C. The number of anilines is 1. The fourth-order valence-corrected chi connectivity index (χ4v) is 2.79.